The lowest BCUT2D eigenvalue weighted by Crippen LogP contribution is -2.60. The van der Waals surface area contributed by atoms with Gasteiger partial charge in [0.1, 0.15) is 39.8 Å². The zero-order chi connectivity index (χ0) is 33.5. The molecule has 0 unspecified atom stereocenters. The third-order valence-electron chi connectivity index (χ3n) is 8.70. The maximum Gasteiger partial charge on any atom is 0.410 e. The first kappa shape index (κ1) is 31.8. The average molecular weight is 635 g/mol. The molecule has 10 heteroatoms. The molecule has 10 nitrogen and oxygen atoms in total. The summed E-state index contributed by atoms with van der Waals surface area (Å²) < 4.78 is 18.8. The Hall–Kier alpha value is -5.12. The van der Waals surface area contributed by atoms with Crippen molar-refractivity contribution in [3.63, 3.8) is 0 Å². The Kier molecular flexibility index (Phi) is 8.53. The minimum Gasteiger partial charge on any atom is -0.497 e. The summed E-state index contributed by atoms with van der Waals surface area (Å²) in [6.45, 7) is 11.7. The van der Waals surface area contributed by atoms with Crippen LogP contribution < -0.4 is 14.4 Å². The van der Waals surface area contributed by atoms with Gasteiger partial charge in [0.05, 0.1) is 32.3 Å². The van der Waals surface area contributed by atoms with E-state index in [0.29, 0.717) is 25.4 Å². The molecule has 0 N–H and O–H groups in total. The van der Waals surface area contributed by atoms with E-state index in [4.69, 9.17) is 29.3 Å². The zero-order valence-electron chi connectivity index (χ0n) is 28.4. The van der Waals surface area contributed by atoms with Gasteiger partial charge in [-0.15, -0.1) is 0 Å². The fourth-order valence-corrected chi connectivity index (χ4v) is 5.74. The molecule has 0 radical (unpaired) electrons. The maximum atomic E-state index is 12.5. The lowest BCUT2D eigenvalue weighted by atomic mass is 9.99. The van der Waals surface area contributed by atoms with Crippen LogP contribution in [-0.2, 0) is 11.3 Å². The van der Waals surface area contributed by atoms with Crippen molar-refractivity contribution < 1.29 is 19.0 Å². The second-order valence-electron chi connectivity index (χ2n) is 13.1. The lowest BCUT2D eigenvalue weighted by molar-refractivity contribution is 0.0196. The highest BCUT2D eigenvalue weighted by Gasteiger charge is 2.35. The van der Waals surface area contributed by atoms with Crippen molar-refractivity contribution in [2.45, 2.75) is 52.8 Å². The molecule has 5 aromatic rings. The first-order chi connectivity index (χ1) is 22.5. The highest BCUT2D eigenvalue weighted by atomic mass is 16.6. The van der Waals surface area contributed by atoms with E-state index < -0.39 is 5.60 Å². The van der Waals surface area contributed by atoms with Crippen molar-refractivity contribution in [1.29, 1.82) is 0 Å². The Bertz CT molecular complexity index is 1910. The molecule has 3 aromatic heterocycles. The molecule has 0 spiro atoms. The molecular formula is C37H42N6O4. The summed E-state index contributed by atoms with van der Waals surface area (Å²) in [6.07, 6.45) is 1.54. The number of benzene rings is 2. The van der Waals surface area contributed by atoms with Crippen molar-refractivity contribution in [2.75, 3.05) is 39.3 Å². The predicted octanol–water partition coefficient (Wildman–Crippen LogP) is 6.90. The van der Waals surface area contributed by atoms with Crippen molar-refractivity contribution in [1.82, 2.24) is 24.6 Å². The lowest BCUT2D eigenvalue weighted by Gasteiger charge is -2.44. The summed E-state index contributed by atoms with van der Waals surface area (Å²) in [5.41, 5.74) is 7.93. The van der Waals surface area contributed by atoms with Crippen LogP contribution in [0.1, 0.15) is 37.5 Å². The van der Waals surface area contributed by atoms with Gasteiger partial charge >= 0.3 is 6.09 Å². The monoisotopic (exact) mass is 634 g/mol. The van der Waals surface area contributed by atoms with Gasteiger partial charge in [0.2, 0.25) is 0 Å². The van der Waals surface area contributed by atoms with Crippen LogP contribution in [0.3, 0.4) is 0 Å². The van der Waals surface area contributed by atoms with Gasteiger partial charge in [-0.3, -0.25) is 4.68 Å². The van der Waals surface area contributed by atoms with Crippen LogP contribution in [-0.4, -0.2) is 76.7 Å². The first-order valence-electron chi connectivity index (χ1n) is 15.8. The van der Waals surface area contributed by atoms with E-state index in [1.54, 1.807) is 26.2 Å². The van der Waals surface area contributed by atoms with Gasteiger partial charge in [-0.05, 0) is 75.6 Å². The summed E-state index contributed by atoms with van der Waals surface area (Å²) >= 11 is 0. The van der Waals surface area contributed by atoms with Gasteiger partial charge in [0, 0.05) is 43.5 Å². The summed E-state index contributed by atoms with van der Waals surface area (Å²) in [6, 6.07) is 20.3. The van der Waals surface area contributed by atoms with Crippen LogP contribution in [0.4, 0.5) is 10.6 Å². The minimum atomic E-state index is -0.530. The molecule has 4 heterocycles. The highest BCUT2D eigenvalue weighted by molar-refractivity contribution is 5.93. The number of amides is 1. The largest absolute Gasteiger partial charge is 0.497 e. The molecule has 1 fully saturated rings. The van der Waals surface area contributed by atoms with Crippen LogP contribution >= 0.6 is 0 Å². The fraction of sp³-hybridized carbons (Fsp3) is 0.351. The normalized spacial score (nSPS) is 13.4. The molecule has 0 bridgehead atoms. The van der Waals surface area contributed by atoms with E-state index in [1.807, 2.05) is 80.2 Å². The second kappa shape index (κ2) is 12.6. The van der Waals surface area contributed by atoms with Crippen LogP contribution in [0.5, 0.6) is 11.5 Å². The smallest absolute Gasteiger partial charge is 0.410 e. The van der Waals surface area contributed by atoms with Gasteiger partial charge in [-0.2, -0.15) is 5.10 Å². The molecule has 1 amide bonds. The van der Waals surface area contributed by atoms with Crippen molar-refractivity contribution in [3.8, 4) is 34.0 Å². The second-order valence-corrected chi connectivity index (χ2v) is 13.1. The number of pyridine rings is 2. The SMILES string of the molecule is COc1ccc(Cn2nc(-c3ccc(N4CC(N(C)C(=O)OC(C)(C)C)C4)nc3)c3nc(-c4cccc(C)c4C)c(OC)cc32)cc1. The summed E-state index contributed by atoms with van der Waals surface area (Å²) in [5.74, 6) is 2.33. The van der Waals surface area contributed by atoms with Crippen LogP contribution in [0.25, 0.3) is 33.5 Å². The Labute approximate surface area is 275 Å². The number of hydrogen-bond acceptors (Lipinski definition) is 8. The molecule has 0 saturated carbocycles. The topological polar surface area (TPSA) is 94.8 Å². The number of carbonyl (C=O) groups is 1. The van der Waals surface area contributed by atoms with E-state index in [0.717, 1.165) is 56.2 Å². The summed E-state index contributed by atoms with van der Waals surface area (Å²) in [7, 11) is 5.13. The molecule has 6 rings (SSSR count). The van der Waals surface area contributed by atoms with Crippen LogP contribution in [0, 0.1) is 13.8 Å². The van der Waals surface area contributed by atoms with Gasteiger partial charge in [-0.25, -0.2) is 14.8 Å². The van der Waals surface area contributed by atoms with E-state index in [1.165, 1.54) is 5.56 Å². The predicted molar refractivity (Wildman–Crippen MR) is 184 cm³/mol. The Balaban J connectivity index is 1.34. The quantitative estimate of drug-likeness (QED) is 0.182. The number of aromatic nitrogens is 4. The number of methoxy groups -OCH3 is 2. The van der Waals surface area contributed by atoms with Gasteiger partial charge < -0.3 is 24.0 Å². The zero-order valence-corrected chi connectivity index (χ0v) is 28.4. The van der Waals surface area contributed by atoms with Gasteiger partial charge in [-0.1, -0.05) is 30.3 Å². The average Bonchev–Trinajstić information content (AvgIpc) is 3.37. The number of nitrogens with zero attached hydrogens (tertiary/aromatic N) is 6. The number of carbonyl (C=O) groups excluding carboxylic acids is 1. The standard InChI is InChI=1S/C37H42N6O4/c1-23-10-9-11-29(24(23)2)34-31(46-8)18-30-35(39-34)33(40-43(30)20-25-12-15-28(45-7)16-13-25)26-14-17-32(38-19-26)42-21-27(22-42)41(6)36(44)47-37(3,4)5/h9-19,27H,20-22H2,1-8H3. The summed E-state index contributed by atoms with van der Waals surface area (Å²) in [4.78, 5) is 26.4. The Morgan fingerprint density at radius 1 is 0.979 bits per heavy atom. The third-order valence-corrected chi connectivity index (χ3v) is 8.70. The third kappa shape index (κ3) is 6.45. The molecule has 0 aliphatic carbocycles. The van der Waals surface area contributed by atoms with Crippen molar-refractivity contribution in [2.24, 2.45) is 0 Å². The molecule has 47 heavy (non-hydrogen) atoms. The minimum absolute atomic E-state index is 0.0617. The summed E-state index contributed by atoms with van der Waals surface area (Å²) in [5, 5.41) is 5.10. The number of likely N-dealkylation sites (N-methyl/N-ethyl adjacent to an activating group) is 1. The molecule has 0 atom stereocenters. The van der Waals surface area contributed by atoms with Crippen LogP contribution in [0.2, 0.25) is 0 Å². The number of fused-ring (bicyclic) bond motifs is 1. The number of rotatable bonds is 8. The van der Waals surface area contributed by atoms with E-state index in [9.17, 15) is 4.79 Å². The highest BCUT2D eigenvalue weighted by Crippen LogP contribution is 2.37. The molecule has 244 valence electrons. The first-order valence-corrected chi connectivity index (χ1v) is 15.8. The Morgan fingerprint density at radius 3 is 2.36 bits per heavy atom. The number of anilines is 1. The van der Waals surface area contributed by atoms with Crippen molar-refractivity contribution >= 4 is 22.9 Å². The van der Waals surface area contributed by atoms with E-state index in [-0.39, 0.29) is 12.1 Å². The number of aryl methyl sites for hydroxylation is 1. The number of hydrogen-bond donors (Lipinski definition) is 0. The molecule has 1 saturated heterocycles. The van der Waals surface area contributed by atoms with E-state index >= 15 is 0 Å². The fourth-order valence-electron chi connectivity index (χ4n) is 5.74. The van der Waals surface area contributed by atoms with Crippen LogP contribution in [0.15, 0.2) is 66.9 Å². The molecular weight excluding hydrogens is 592 g/mol. The van der Waals surface area contributed by atoms with E-state index in [2.05, 4.69) is 30.9 Å². The van der Waals surface area contributed by atoms with Crippen molar-refractivity contribution in [3.05, 3.63) is 83.6 Å². The van der Waals surface area contributed by atoms with Gasteiger partial charge in [0.25, 0.3) is 0 Å². The molecule has 2 aromatic carbocycles. The molecule has 1 aliphatic heterocycles. The molecule has 1 aliphatic rings. The maximum absolute atomic E-state index is 12.5. The Morgan fingerprint density at radius 2 is 1.72 bits per heavy atom. The number of ether oxygens (including phenoxy) is 3. The van der Waals surface area contributed by atoms with Gasteiger partial charge in [0.15, 0.2) is 0 Å².